The van der Waals surface area contributed by atoms with Gasteiger partial charge in [-0.15, -0.1) is 0 Å². The first-order valence-corrected chi connectivity index (χ1v) is 10.8. The number of rotatable bonds is 5. The van der Waals surface area contributed by atoms with Gasteiger partial charge in [0, 0.05) is 18.7 Å². The predicted octanol–water partition coefficient (Wildman–Crippen LogP) is 2.84. The summed E-state index contributed by atoms with van der Waals surface area (Å²) in [4.78, 5) is 23.0. The van der Waals surface area contributed by atoms with E-state index in [9.17, 15) is 13.2 Å². The van der Waals surface area contributed by atoms with Crippen molar-refractivity contribution in [1.29, 1.82) is 0 Å². The number of benzene rings is 2. The fourth-order valence-electron chi connectivity index (χ4n) is 3.64. The maximum absolute atomic E-state index is 13.1. The Bertz CT molecular complexity index is 1070. The fraction of sp³-hybridized carbons (Fsp3) is 0.300. The number of fused-ring (bicyclic) bond motifs is 1. The number of aromatic amines is 1. The lowest BCUT2D eigenvalue weighted by atomic mass is 10.1. The SMILES string of the molecule is CCNS(=O)(=O)c1ccc(C(=O)N2CCC[C@@H]2c2nc3ccccc3[nH]2)cc1. The van der Waals surface area contributed by atoms with E-state index in [1.807, 2.05) is 29.2 Å². The van der Waals surface area contributed by atoms with Crippen LogP contribution in [0.25, 0.3) is 11.0 Å². The van der Waals surface area contributed by atoms with E-state index < -0.39 is 10.0 Å². The van der Waals surface area contributed by atoms with Gasteiger partial charge in [-0.25, -0.2) is 18.1 Å². The van der Waals surface area contributed by atoms with Crippen LogP contribution < -0.4 is 4.72 Å². The first-order valence-electron chi connectivity index (χ1n) is 9.35. The number of hydrogen-bond acceptors (Lipinski definition) is 4. The van der Waals surface area contributed by atoms with Crippen molar-refractivity contribution in [3.05, 3.63) is 59.9 Å². The highest BCUT2D eigenvalue weighted by Gasteiger charge is 2.32. The summed E-state index contributed by atoms with van der Waals surface area (Å²) in [6, 6.07) is 13.8. The monoisotopic (exact) mass is 398 g/mol. The van der Waals surface area contributed by atoms with Crippen LogP contribution in [0.4, 0.5) is 0 Å². The standard InChI is InChI=1S/C20H22N4O3S/c1-2-21-28(26,27)15-11-9-14(10-12-15)20(25)24-13-5-8-18(24)19-22-16-6-3-4-7-17(16)23-19/h3-4,6-7,9-12,18,21H,2,5,8,13H2,1H3,(H,22,23)/t18-/m1/s1. The average molecular weight is 398 g/mol. The number of nitrogens with one attached hydrogen (secondary N) is 2. The molecule has 2 aromatic carbocycles. The number of para-hydroxylation sites is 2. The van der Waals surface area contributed by atoms with Crippen molar-refractivity contribution in [1.82, 2.24) is 19.6 Å². The van der Waals surface area contributed by atoms with Crippen LogP contribution in [-0.4, -0.2) is 42.3 Å². The molecule has 8 heteroatoms. The molecule has 1 aromatic heterocycles. The first kappa shape index (κ1) is 18.6. The number of likely N-dealkylation sites (tertiary alicyclic amines) is 1. The van der Waals surface area contributed by atoms with Gasteiger partial charge in [0.05, 0.1) is 22.0 Å². The second-order valence-electron chi connectivity index (χ2n) is 6.82. The molecule has 3 aromatic rings. The Morgan fingerprint density at radius 3 is 2.68 bits per heavy atom. The van der Waals surface area contributed by atoms with Crippen LogP contribution in [0.1, 0.15) is 42.0 Å². The van der Waals surface area contributed by atoms with Crippen LogP contribution in [-0.2, 0) is 10.0 Å². The lowest BCUT2D eigenvalue weighted by Crippen LogP contribution is -2.31. The molecule has 1 amide bonds. The van der Waals surface area contributed by atoms with Gasteiger partial charge < -0.3 is 9.88 Å². The van der Waals surface area contributed by atoms with Crippen molar-refractivity contribution in [2.45, 2.75) is 30.7 Å². The van der Waals surface area contributed by atoms with Crippen LogP contribution in [0.3, 0.4) is 0 Å². The van der Waals surface area contributed by atoms with Gasteiger partial charge in [-0.2, -0.15) is 0 Å². The maximum Gasteiger partial charge on any atom is 0.254 e. The molecule has 2 heterocycles. The second-order valence-corrected chi connectivity index (χ2v) is 8.59. The van der Waals surface area contributed by atoms with Gasteiger partial charge in [-0.1, -0.05) is 19.1 Å². The number of sulfonamides is 1. The highest BCUT2D eigenvalue weighted by atomic mass is 32.2. The van der Waals surface area contributed by atoms with E-state index in [0.29, 0.717) is 18.7 Å². The minimum absolute atomic E-state index is 0.106. The third-order valence-electron chi connectivity index (χ3n) is 4.98. The smallest absolute Gasteiger partial charge is 0.254 e. The Hall–Kier alpha value is -2.71. The van der Waals surface area contributed by atoms with Crippen molar-refractivity contribution in [2.24, 2.45) is 0 Å². The van der Waals surface area contributed by atoms with E-state index in [-0.39, 0.29) is 16.8 Å². The summed E-state index contributed by atoms with van der Waals surface area (Å²) >= 11 is 0. The molecular formula is C20H22N4O3S. The second kappa shape index (κ2) is 7.37. The van der Waals surface area contributed by atoms with Crippen LogP contribution >= 0.6 is 0 Å². The summed E-state index contributed by atoms with van der Waals surface area (Å²) in [6.07, 6.45) is 1.75. The zero-order valence-corrected chi connectivity index (χ0v) is 16.4. The van der Waals surface area contributed by atoms with Gasteiger partial charge in [0.2, 0.25) is 10.0 Å². The lowest BCUT2D eigenvalue weighted by molar-refractivity contribution is 0.0730. The summed E-state index contributed by atoms with van der Waals surface area (Å²) in [5.74, 6) is 0.675. The highest BCUT2D eigenvalue weighted by molar-refractivity contribution is 7.89. The largest absolute Gasteiger partial charge is 0.340 e. The summed E-state index contributed by atoms with van der Waals surface area (Å²) in [5, 5.41) is 0. The first-order chi connectivity index (χ1) is 13.5. The average Bonchev–Trinajstić information content (AvgIpc) is 3.34. The number of imidazole rings is 1. The molecule has 0 bridgehead atoms. The van der Waals surface area contributed by atoms with Crippen molar-refractivity contribution in [2.75, 3.05) is 13.1 Å². The van der Waals surface area contributed by atoms with Gasteiger partial charge in [-0.3, -0.25) is 4.79 Å². The minimum Gasteiger partial charge on any atom is -0.340 e. The number of nitrogens with zero attached hydrogens (tertiary/aromatic N) is 2. The van der Waals surface area contributed by atoms with E-state index in [1.54, 1.807) is 19.1 Å². The number of aromatic nitrogens is 2. The molecule has 1 saturated heterocycles. The molecule has 4 rings (SSSR count). The Labute approximate surface area is 163 Å². The molecule has 1 atom stereocenters. The predicted molar refractivity (Wildman–Crippen MR) is 106 cm³/mol. The van der Waals surface area contributed by atoms with Crippen LogP contribution in [0.5, 0.6) is 0 Å². The molecule has 0 aliphatic carbocycles. The summed E-state index contributed by atoms with van der Waals surface area (Å²) < 4.78 is 26.6. The molecule has 28 heavy (non-hydrogen) atoms. The van der Waals surface area contributed by atoms with Crippen molar-refractivity contribution in [3.63, 3.8) is 0 Å². The molecule has 0 saturated carbocycles. The van der Waals surface area contributed by atoms with E-state index in [4.69, 9.17) is 0 Å². The third kappa shape index (κ3) is 3.41. The topological polar surface area (TPSA) is 95.2 Å². The molecular weight excluding hydrogens is 376 g/mol. The van der Waals surface area contributed by atoms with Gasteiger partial charge >= 0.3 is 0 Å². The summed E-state index contributed by atoms with van der Waals surface area (Å²) in [7, 11) is -3.53. The lowest BCUT2D eigenvalue weighted by Gasteiger charge is -2.23. The molecule has 2 N–H and O–H groups in total. The summed E-state index contributed by atoms with van der Waals surface area (Å²) in [5.41, 5.74) is 2.31. The zero-order valence-electron chi connectivity index (χ0n) is 15.6. The number of carbonyl (C=O) groups excluding carboxylic acids is 1. The van der Waals surface area contributed by atoms with Gasteiger partial charge in [-0.05, 0) is 49.2 Å². The molecule has 0 unspecified atom stereocenters. The molecule has 0 spiro atoms. The molecule has 7 nitrogen and oxygen atoms in total. The number of H-pyrrole nitrogens is 1. The van der Waals surface area contributed by atoms with E-state index in [2.05, 4.69) is 14.7 Å². The van der Waals surface area contributed by atoms with E-state index >= 15 is 0 Å². The van der Waals surface area contributed by atoms with Crippen LogP contribution in [0.2, 0.25) is 0 Å². The van der Waals surface area contributed by atoms with Crippen molar-refractivity contribution >= 4 is 27.0 Å². The Kier molecular flexibility index (Phi) is 4.91. The molecule has 1 aliphatic rings. The van der Waals surface area contributed by atoms with Gasteiger partial charge in [0.15, 0.2) is 0 Å². The fourth-order valence-corrected chi connectivity index (χ4v) is 4.68. The number of amides is 1. The van der Waals surface area contributed by atoms with Crippen LogP contribution in [0.15, 0.2) is 53.4 Å². The third-order valence-corrected chi connectivity index (χ3v) is 6.54. The molecule has 146 valence electrons. The molecule has 0 radical (unpaired) electrons. The van der Waals surface area contributed by atoms with Gasteiger partial charge in [0.1, 0.15) is 5.82 Å². The van der Waals surface area contributed by atoms with Crippen molar-refractivity contribution < 1.29 is 13.2 Å². The number of carbonyl (C=O) groups is 1. The Morgan fingerprint density at radius 2 is 1.96 bits per heavy atom. The number of hydrogen-bond donors (Lipinski definition) is 2. The molecule has 1 fully saturated rings. The van der Waals surface area contributed by atoms with Crippen molar-refractivity contribution in [3.8, 4) is 0 Å². The summed E-state index contributed by atoms with van der Waals surface area (Å²) in [6.45, 7) is 2.69. The van der Waals surface area contributed by atoms with E-state index in [1.165, 1.54) is 12.1 Å². The van der Waals surface area contributed by atoms with E-state index in [0.717, 1.165) is 29.7 Å². The maximum atomic E-state index is 13.1. The Balaban J connectivity index is 1.58. The minimum atomic E-state index is -3.53. The van der Waals surface area contributed by atoms with Gasteiger partial charge in [0.25, 0.3) is 5.91 Å². The van der Waals surface area contributed by atoms with Crippen LogP contribution in [0, 0.1) is 0 Å². The normalized spacial score (nSPS) is 17.3. The Morgan fingerprint density at radius 1 is 1.21 bits per heavy atom. The zero-order chi connectivity index (χ0) is 19.7. The quantitative estimate of drug-likeness (QED) is 0.691. The molecule has 1 aliphatic heterocycles. The highest BCUT2D eigenvalue weighted by Crippen LogP contribution is 2.32.